The molecule has 0 radical (unpaired) electrons. The van der Waals surface area contributed by atoms with E-state index in [2.05, 4.69) is 74.7 Å². The molecule has 1 aliphatic carbocycles. The zero-order valence-corrected chi connectivity index (χ0v) is 29.4. The molecular weight excluding hydrogens is 524 g/mol. The molecule has 0 bridgehead atoms. The Morgan fingerprint density at radius 3 is 2.13 bits per heavy atom. The van der Waals surface area contributed by atoms with Crippen LogP contribution >= 0.6 is 0 Å². The van der Waals surface area contributed by atoms with E-state index in [1.165, 1.54) is 19.3 Å². The van der Waals surface area contributed by atoms with E-state index in [4.69, 9.17) is 14.0 Å². The molecule has 0 spiro atoms. The van der Waals surface area contributed by atoms with Crippen molar-refractivity contribution in [3.63, 3.8) is 0 Å². The van der Waals surface area contributed by atoms with Gasteiger partial charge in [0.15, 0.2) is 16.6 Å². The quantitative estimate of drug-likeness (QED) is 0.105. The molecule has 0 unspecified atom stereocenters. The summed E-state index contributed by atoms with van der Waals surface area (Å²) in [4.78, 5) is 10.8. The van der Waals surface area contributed by atoms with Gasteiger partial charge in [-0.05, 0) is 93.0 Å². The second-order valence-corrected chi connectivity index (χ2v) is 24.6. The summed E-state index contributed by atoms with van der Waals surface area (Å²) < 4.78 is 29.6. The summed E-state index contributed by atoms with van der Waals surface area (Å²) in [6.45, 7) is 25.3. The van der Waals surface area contributed by atoms with Crippen LogP contribution in [0.4, 0.5) is 4.39 Å². The van der Waals surface area contributed by atoms with E-state index < -0.39 is 28.8 Å². The summed E-state index contributed by atoms with van der Waals surface area (Å²) in [6.07, 6.45) is 12.4. The number of carbonyl (C=O) groups is 1. The van der Waals surface area contributed by atoms with Gasteiger partial charge < -0.3 is 14.0 Å². The van der Waals surface area contributed by atoms with Gasteiger partial charge in [-0.25, -0.2) is 4.39 Å². The van der Waals surface area contributed by atoms with Crippen molar-refractivity contribution < 1.29 is 23.1 Å². The molecule has 7 heteroatoms. The molecule has 0 aromatic carbocycles. The first-order valence-corrected chi connectivity index (χ1v) is 21.5. The number of rotatable bonds is 17. The highest BCUT2D eigenvalue weighted by molar-refractivity contribution is 6.74. The van der Waals surface area contributed by atoms with Gasteiger partial charge in [0.25, 0.3) is 0 Å². The molecule has 1 fully saturated rings. The number of hydrogen-bond donors (Lipinski definition) is 1. The lowest BCUT2D eigenvalue weighted by molar-refractivity contribution is -0.137. The molecule has 230 valence electrons. The summed E-state index contributed by atoms with van der Waals surface area (Å²) in [7, 11) is -3.90. The third-order valence-electron chi connectivity index (χ3n) is 9.77. The average Bonchev–Trinajstić information content (AvgIpc) is 3.17. The number of carboxylic acid groups (broad SMARTS) is 1. The lowest BCUT2D eigenvalue weighted by atomic mass is 9.85. The molecule has 4 nitrogen and oxygen atoms in total. The predicted molar refractivity (Wildman–Crippen MR) is 169 cm³/mol. The van der Waals surface area contributed by atoms with Gasteiger partial charge in [-0.1, -0.05) is 79.9 Å². The maximum atomic E-state index is 15.7. The Labute approximate surface area is 243 Å². The molecule has 0 aromatic heterocycles. The maximum Gasteiger partial charge on any atom is 0.303 e. The fourth-order valence-electron chi connectivity index (χ4n) is 5.15. The molecule has 1 saturated carbocycles. The number of alkyl halides is 1. The van der Waals surface area contributed by atoms with Crippen molar-refractivity contribution >= 4 is 22.6 Å². The minimum atomic E-state index is -1.99. The Kier molecular flexibility index (Phi) is 14.7. The summed E-state index contributed by atoms with van der Waals surface area (Å²) in [5, 5.41) is 9.15. The van der Waals surface area contributed by atoms with Crippen molar-refractivity contribution in [2.24, 2.45) is 11.8 Å². The van der Waals surface area contributed by atoms with Crippen LogP contribution in [0.25, 0.3) is 0 Å². The number of unbranched alkanes of at least 4 members (excludes halogenated alkanes) is 3. The first-order chi connectivity index (χ1) is 17.8. The molecule has 0 amide bonds. The minimum Gasteiger partial charge on any atom is -0.481 e. The Hall–Kier alpha value is -0.506. The largest absolute Gasteiger partial charge is 0.481 e. The van der Waals surface area contributed by atoms with Gasteiger partial charge in [0, 0.05) is 18.6 Å². The number of hydrogen-bond acceptors (Lipinski definition) is 3. The SMILES string of the molecule is CCCCC[C@@H](CC[C@@H]1[C@@H]([C@H](F)C=CCCCC(=O)O)CC[C@H]1O[Si](C)(C)C(C)(C)C)O[Si](C)(C)C(C)(C)C. The van der Waals surface area contributed by atoms with E-state index in [0.717, 1.165) is 32.1 Å². The summed E-state index contributed by atoms with van der Waals surface area (Å²) in [5.41, 5.74) is 0. The van der Waals surface area contributed by atoms with Gasteiger partial charge in [-0.15, -0.1) is 0 Å². The van der Waals surface area contributed by atoms with Crippen LogP contribution in [0.2, 0.25) is 36.3 Å². The van der Waals surface area contributed by atoms with Crippen LogP contribution in [-0.2, 0) is 13.6 Å². The van der Waals surface area contributed by atoms with Gasteiger partial charge in [0.1, 0.15) is 6.17 Å². The van der Waals surface area contributed by atoms with Crippen molar-refractivity contribution in [1.82, 2.24) is 0 Å². The first kappa shape index (κ1) is 36.5. The maximum absolute atomic E-state index is 15.7. The van der Waals surface area contributed by atoms with E-state index in [-0.39, 0.29) is 40.5 Å². The first-order valence-electron chi connectivity index (χ1n) is 15.7. The molecule has 0 heterocycles. The topological polar surface area (TPSA) is 55.8 Å². The van der Waals surface area contributed by atoms with Crippen LogP contribution in [0, 0.1) is 11.8 Å². The van der Waals surface area contributed by atoms with Gasteiger partial charge in [-0.3, -0.25) is 4.79 Å². The summed E-state index contributed by atoms with van der Waals surface area (Å²) in [5.74, 6) is -0.677. The van der Waals surface area contributed by atoms with Crippen LogP contribution in [0.15, 0.2) is 12.2 Å². The van der Waals surface area contributed by atoms with Crippen LogP contribution < -0.4 is 0 Å². The lowest BCUT2D eigenvalue weighted by Crippen LogP contribution is -2.46. The second-order valence-electron chi connectivity index (χ2n) is 15.1. The van der Waals surface area contributed by atoms with Crippen LogP contribution in [0.3, 0.4) is 0 Å². The van der Waals surface area contributed by atoms with Crippen molar-refractivity contribution in [2.45, 2.75) is 174 Å². The molecule has 0 aromatic rings. The Morgan fingerprint density at radius 1 is 0.974 bits per heavy atom. The zero-order valence-electron chi connectivity index (χ0n) is 27.4. The van der Waals surface area contributed by atoms with Crippen molar-refractivity contribution in [3.05, 3.63) is 12.2 Å². The highest BCUT2D eigenvalue weighted by Gasteiger charge is 2.46. The molecule has 5 atom stereocenters. The minimum absolute atomic E-state index is 0.0559. The van der Waals surface area contributed by atoms with E-state index in [1.807, 2.05) is 6.08 Å². The molecule has 1 N–H and O–H groups in total. The molecule has 39 heavy (non-hydrogen) atoms. The zero-order chi connectivity index (χ0) is 30.1. The average molecular weight is 587 g/mol. The highest BCUT2D eigenvalue weighted by Crippen LogP contribution is 2.46. The molecular formula is C32H63FO4Si2. The summed E-state index contributed by atoms with van der Waals surface area (Å²) in [6, 6.07) is 0. The molecule has 0 saturated heterocycles. The molecule has 1 rings (SSSR count). The van der Waals surface area contributed by atoms with E-state index >= 15 is 4.39 Å². The number of halogens is 1. The fourth-order valence-corrected chi connectivity index (χ4v) is 7.98. The molecule has 1 aliphatic rings. The Morgan fingerprint density at radius 2 is 1.59 bits per heavy atom. The Bertz CT molecular complexity index is 754. The standard InChI is InChI=1S/C32H63FO4Si2/c1-12-13-15-18-25(36-38(8,9)31(2,3)4)21-22-27-26(28(33)19-16-14-17-20-30(34)35)23-24-29(27)37-39(10,11)32(5,6)7/h16,19,25-29H,12-15,17-18,20-24H2,1-11H3,(H,34,35)/t25-,26-,27+,28+,29+/m0/s1. The third-order valence-corrected chi connectivity index (χ3v) is 18.8. The second kappa shape index (κ2) is 15.6. The normalized spacial score (nSPS) is 22.9. The third kappa shape index (κ3) is 12.1. The Balaban J connectivity index is 3.10. The van der Waals surface area contributed by atoms with Crippen LogP contribution in [0.1, 0.15) is 119 Å². The van der Waals surface area contributed by atoms with E-state index in [0.29, 0.717) is 12.8 Å². The molecule has 0 aliphatic heterocycles. The monoisotopic (exact) mass is 586 g/mol. The van der Waals surface area contributed by atoms with E-state index in [1.54, 1.807) is 6.08 Å². The smallest absolute Gasteiger partial charge is 0.303 e. The fraction of sp³-hybridized carbons (Fsp3) is 0.906. The van der Waals surface area contributed by atoms with Crippen molar-refractivity contribution in [3.8, 4) is 0 Å². The van der Waals surface area contributed by atoms with Gasteiger partial charge in [0.05, 0.1) is 0 Å². The number of aliphatic carboxylic acids is 1. The van der Waals surface area contributed by atoms with Crippen LogP contribution in [-0.4, -0.2) is 46.1 Å². The van der Waals surface area contributed by atoms with Crippen molar-refractivity contribution in [2.75, 3.05) is 0 Å². The summed E-state index contributed by atoms with van der Waals surface area (Å²) >= 11 is 0. The highest BCUT2D eigenvalue weighted by atomic mass is 28.4. The van der Waals surface area contributed by atoms with E-state index in [9.17, 15) is 4.79 Å². The van der Waals surface area contributed by atoms with Crippen molar-refractivity contribution in [1.29, 1.82) is 0 Å². The van der Waals surface area contributed by atoms with Gasteiger partial charge in [0.2, 0.25) is 0 Å². The predicted octanol–water partition coefficient (Wildman–Crippen LogP) is 10.3. The number of allylic oxidation sites excluding steroid dienone is 2. The number of carboxylic acids is 1. The van der Waals surface area contributed by atoms with Crippen LogP contribution in [0.5, 0.6) is 0 Å². The van der Waals surface area contributed by atoms with Gasteiger partial charge in [-0.2, -0.15) is 0 Å². The van der Waals surface area contributed by atoms with Gasteiger partial charge >= 0.3 is 5.97 Å². The lowest BCUT2D eigenvalue weighted by Gasteiger charge is -2.41.